The van der Waals surface area contributed by atoms with E-state index < -0.39 is 0 Å². The Morgan fingerprint density at radius 2 is 2.22 bits per heavy atom. The molecule has 0 aliphatic carbocycles. The van der Waals surface area contributed by atoms with E-state index in [0.29, 0.717) is 13.2 Å². The zero-order chi connectivity index (χ0) is 13.2. The number of nitriles is 1. The number of methoxy groups -OCH3 is 1. The molecule has 18 heavy (non-hydrogen) atoms. The summed E-state index contributed by atoms with van der Waals surface area (Å²) in [5, 5.41) is 9.37. The third-order valence-electron chi connectivity index (χ3n) is 3.84. The van der Waals surface area contributed by atoms with Crippen LogP contribution in [-0.2, 0) is 10.2 Å². The number of hydrogen-bond acceptors (Lipinski definition) is 3. The number of ether oxygens (including phenoxy) is 2. The lowest BCUT2D eigenvalue weighted by Crippen LogP contribution is -2.52. The summed E-state index contributed by atoms with van der Waals surface area (Å²) in [5.74, 6) is 0.833. The molecule has 1 aliphatic rings. The summed E-state index contributed by atoms with van der Waals surface area (Å²) in [4.78, 5) is 0. The fourth-order valence-corrected chi connectivity index (χ4v) is 2.68. The van der Waals surface area contributed by atoms with Gasteiger partial charge in [-0.25, -0.2) is 0 Å². The lowest BCUT2D eigenvalue weighted by Gasteiger charge is -2.45. The van der Waals surface area contributed by atoms with Crippen LogP contribution >= 0.6 is 0 Å². The SMILES string of the molecule is CCC(C#N)C1(c2cc(C)ccc2OC)COC1. The van der Waals surface area contributed by atoms with Crippen molar-refractivity contribution < 1.29 is 9.47 Å². The van der Waals surface area contributed by atoms with Gasteiger partial charge in [-0.2, -0.15) is 5.26 Å². The molecule has 0 aromatic heterocycles. The molecule has 1 aromatic carbocycles. The summed E-state index contributed by atoms with van der Waals surface area (Å²) in [6.07, 6.45) is 0.830. The maximum atomic E-state index is 9.37. The van der Waals surface area contributed by atoms with Crippen LogP contribution in [0.1, 0.15) is 24.5 Å². The first-order valence-corrected chi connectivity index (χ1v) is 6.30. The highest BCUT2D eigenvalue weighted by Crippen LogP contribution is 2.44. The summed E-state index contributed by atoms with van der Waals surface area (Å²) in [7, 11) is 1.68. The molecule has 2 rings (SSSR count). The second kappa shape index (κ2) is 4.99. The van der Waals surface area contributed by atoms with Crippen LogP contribution in [0.25, 0.3) is 0 Å². The fourth-order valence-electron chi connectivity index (χ4n) is 2.68. The van der Waals surface area contributed by atoms with Crippen molar-refractivity contribution in [2.24, 2.45) is 5.92 Å². The van der Waals surface area contributed by atoms with E-state index in [1.807, 2.05) is 12.1 Å². The molecule has 1 aromatic rings. The van der Waals surface area contributed by atoms with Gasteiger partial charge in [-0.05, 0) is 19.4 Å². The first-order valence-electron chi connectivity index (χ1n) is 6.30. The molecule has 1 aliphatic heterocycles. The van der Waals surface area contributed by atoms with Gasteiger partial charge in [0.15, 0.2) is 0 Å². The molecule has 0 spiro atoms. The van der Waals surface area contributed by atoms with Gasteiger partial charge < -0.3 is 9.47 Å². The van der Waals surface area contributed by atoms with Crippen molar-refractivity contribution in [2.45, 2.75) is 25.7 Å². The highest BCUT2D eigenvalue weighted by atomic mass is 16.5. The van der Waals surface area contributed by atoms with Gasteiger partial charge in [-0.1, -0.05) is 24.6 Å². The van der Waals surface area contributed by atoms with E-state index in [2.05, 4.69) is 26.0 Å². The van der Waals surface area contributed by atoms with Crippen molar-refractivity contribution in [3.8, 4) is 11.8 Å². The van der Waals surface area contributed by atoms with Crippen molar-refractivity contribution in [3.05, 3.63) is 29.3 Å². The van der Waals surface area contributed by atoms with Crippen molar-refractivity contribution in [2.75, 3.05) is 20.3 Å². The zero-order valence-corrected chi connectivity index (χ0v) is 11.2. The predicted octanol–water partition coefficient (Wildman–Crippen LogP) is 2.82. The van der Waals surface area contributed by atoms with E-state index in [4.69, 9.17) is 9.47 Å². The Kier molecular flexibility index (Phi) is 3.58. The molecule has 1 fully saturated rings. The average Bonchev–Trinajstić information content (AvgIpc) is 2.33. The van der Waals surface area contributed by atoms with Gasteiger partial charge in [0.05, 0.1) is 37.7 Å². The number of benzene rings is 1. The Morgan fingerprint density at radius 3 is 2.67 bits per heavy atom. The Morgan fingerprint density at radius 1 is 1.50 bits per heavy atom. The van der Waals surface area contributed by atoms with Crippen molar-refractivity contribution in [1.29, 1.82) is 5.26 Å². The second-order valence-electron chi connectivity index (χ2n) is 4.94. The van der Waals surface area contributed by atoms with Gasteiger partial charge in [0.25, 0.3) is 0 Å². The van der Waals surface area contributed by atoms with Crippen LogP contribution in [0.5, 0.6) is 5.75 Å². The Hall–Kier alpha value is -1.53. The van der Waals surface area contributed by atoms with Crippen molar-refractivity contribution >= 4 is 0 Å². The molecular formula is C15H19NO2. The maximum Gasteiger partial charge on any atom is 0.122 e. The average molecular weight is 245 g/mol. The fraction of sp³-hybridized carbons (Fsp3) is 0.533. The summed E-state index contributed by atoms with van der Waals surface area (Å²) in [5.41, 5.74) is 2.11. The van der Waals surface area contributed by atoms with Crippen molar-refractivity contribution in [3.63, 3.8) is 0 Å². The van der Waals surface area contributed by atoms with E-state index in [1.54, 1.807) is 7.11 Å². The zero-order valence-electron chi connectivity index (χ0n) is 11.2. The third kappa shape index (κ3) is 1.87. The van der Waals surface area contributed by atoms with Crippen LogP contribution in [0.4, 0.5) is 0 Å². The van der Waals surface area contributed by atoms with Gasteiger partial charge >= 0.3 is 0 Å². The van der Waals surface area contributed by atoms with Crippen LogP contribution in [0.2, 0.25) is 0 Å². The summed E-state index contributed by atoms with van der Waals surface area (Å²) < 4.78 is 10.9. The largest absolute Gasteiger partial charge is 0.496 e. The first-order chi connectivity index (χ1) is 8.67. The van der Waals surface area contributed by atoms with E-state index in [1.165, 1.54) is 5.56 Å². The van der Waals surface area contributed by atoms with Gasteiger partial charge in [0.2, 0.25) is 0 Å². The third-order valence-corrected chi connectivity index (χ3v) is 3.84. The molecule has 3 nitrogen and oxygen atoms in total. The Labute approximate surface area is 108 Å². The molecule has 0 N–H and O–H groups in total. The van der Waals surface area contributed by atoms with E-state index in [0.717, 1.165) is 17.7 Å². The van der Waals surface area contributed by atoms with Crippen LogP contribution in [0, 0.1) is 24.2 Å². The molecule has 0 amide bonds. The first kappa shape index (κ1) is 12.9. The minimum Gasteiger partial charge on any atom is -0.496 e. The van der Waals surface area contributed by atoms with E-state index in [9.17, 15) is 5.26 Å². The lowest BCUT2D eigenvalue weighted by molar-refractivity contribution is -0.0813. The van der Waals surface area contributed by atoms with Gasteiger partial charge in [0.1, 0.15) is 5.75 Å². The number of rotatable bonds is 4. The van der Waals surface area contributed by atoms with Crippen LogP contribution < -0.4 is 4.74 Å². The summed E-state index contributed by atoms with van der Waals surface area (Å²) >= 11 is 0. The number of nitrogens with zero attached hydrogens (tertiary/aromatic N) is 1. The standard InChI is InChI=1S/C15H19NO2/c1-4-12(8-16)15(9-18-10-15)13-7-11(2)5-6-14(13)17-3/h5-7,12H,4,9-10H2,1-3H3. The summed E-state index contributed by atoms with van der Waals surface area (Å²) in [6.45, 7) is 5.33. The smallest absolute Gasteiger partial charge is 0.122 e. The molecule has 1 unspecified atom stereocenters. The predicted molar refractivity (Wildman–Crippen MR) is 69.6 cm³/mol. The highest BCUT2D eigenvalue weighted by Gasteiger charge is 2.48. The molecule has 0 radical (unpaired) electrons. The molecule has 96 valence electrons. The number of hydrogen-bond donors (Lipinski definition) is 0. The Bertz CT molecular complexity index is 472. The van der Waals surface area contributed by atoms with Crippen LogP contribution in [-0.4, -0.2) is 20.3 Å². The molecule has 0 bridgehead atoms. The monoisotopic (exact) mass is 245 g/mol. The molecular weight excluding hydrogens is 226 g/mol. The van der Waals surface area contributed by atoms with E-state index >= 15 is 0 Å². The van der Waals surface area contributed by atoms with Gasteiger partial charge in [-0.3, -0.25) is 0 Å². The van der Waals surface area contributed by atoms with Crippen LogP contribution in [0.15, 0.2) is 18.2 Å². The highest BCUT2D eigenvalue weighted by molar-refractivity contribution is 5.45. The molecule has 0 saturated carbocycles. The van der Waals surface area contributed by atoms with Gasteiger partial charge in [0, 0.05) is 5.56 Å². The van der Waals surface area contributed by atoms with E-state index in [-0.39, 0.29) is 11.3 Å². The van der Waals surface area contributed by atoms with Crippen molar-refractivity contribution in [1.82, 2.24) is 0 Å². The van der Waals surface area contributed by atoms with Gasteiger partial charge in [-0.15, -0.1) is 0 Å². The minimum atomic E-state index is -0.194. The molecule has 3 heteroatoms. The molecule has 1 atom stereocenters. The summed E-state index contributed by atoms with van der Waals surface area (Å²) in [6, 6.07) is 8.57. The lowest BCUT2D eigenvalue weighted by atomic mass is 9.67. The maximum absolute atomic E-state index is 9.37. The molecule has 1 saturated heterocycles. The topological polar surface area (TPSA) is 42.2 Å². The van der Waals surface area contributed by atoms with Crippen LogP contribution in [0.3, 0.4) is 0 Å². The Balaban J connectivity index is 2.51. The molecule has 1 heterocycles. The minimum absolute atomic E-state index is 0.0260. The number of aryl methyl sites for hydroxylation is 1. The quantitative estimate of drug-likeness (QED) is 0.819. The normalized spacial score (nSPS) is 18.6. The second-order valence-corrected chi connectivity index (χ2v) is 4.94.